The van der Waals surface area contributed by atoms with Gasteiger partial charge in [-0.25, -0.2) is 9.59 Å². The third-order valence-corrected chi connectivity index (χ3v) is 1.90. The molecule has 0 aromatic rings. The number of rotatable bonds is 8. The highest BCUT2D eigenvalue weighted by Crippen LogP contribution is 1.87. The molecule has 0 fully saturated rings. The van der Waals surface area contributed by atoms with Gasteiger partial charge >= 0.3 is 12.0 Å². The Morgan fingerprint density at radius 2 is 2.00 bits per heavy atom. The zero-order chi connectivity index (χ0) is 12.4. The van der Waals surface area contributed by atoms with E-state index in [4.69, 9.17) is 5.11 Å². The molecule has 2 amide bonds. The van der Waals surface area contributed by atoms with E-state index in [0.717, 1.165) is 13.0 Å². The van der Waals surface area contributed by atoms with Crippen LogP contribution in [0.25, 0.3) is 0 Å². The van der Waals surface area contributed by atoms with Gasteiger partial charge in [-0.1, -0.05) is 0 Å². The lowest BCUT2D eigenvalue weighted by Gasteiger charge is -2.12. The number of carboxylic acids is 1. The molecule has 0 aromatic heterocycles. The Morgan fingerprint density at radius 1 is 1.31 bits per heavy atom. The van der Waals surface area contributed by atoms with Crippen LogP contribution in [-0.4, -0.2) is 57.0 Å². The number of carbonyl (C=O) groups is 2. The molecule has 0 radical (unpaired) electrons. The van der Waals surface area contributed by atoms with Gasteiger partial charge in [0.25, 0.3) is 0 Å². The number of hydrogen-bond donors (Lipinski definition) is 4. The van der Waals surface area contributed by atoms with Crippen LogP contribution in [0.15, 0.2) is 0 Å². The van der Waals surface area contributed by atoms with Gasteiger partial charge in [0.05, 0.1) is 6.54 Å². The minimum absolute atomic E-state index is 0.0519. The molecular weight excluding hydrogens is 214 g/mol. The summed E-state index contributed by atoms with van der Waals surface area (Å²) in [5.41, 5.74) is 0. The van der Waals surface area contributed by atoms with Crippen molar-refractivity contribution in [1.29, 1.82) is 0 Å². The number of amides is 2. The number of urea groups is 1. The van der Waals surface area contributed by atoms with Gasteiger partial charge in [-0.15, -0.1) is 0 Å². The normalized spacial score (nSPS) is 11.9. The van der Waals surface area contributed by atoms with Crippen LogP contribution in [0.2, 0.25) is 0 Å². The number of aliphatic carboxylic acids is 1. The van der Waals surface area contributed by atoms with E-state index in [0.29, 0.717) is 6.54 Å². The fraction of sp³-hybridized carbons (Fsp3) is 0.778. The van der Waals surface area contributed by atoms with Crippen LogP contribution in [0.3, 0.4) is 0 Å². The van der Waals surface area contributed by atoms with Gasteiger partial charge in [-0.3, -0.25) is 0 Å². The molecule has 0 saturated heterocycles. The molecule has 0 heterocycles. The van der Waals surface area contributed by atoms with Crippen molar-refractivity contribution in [3.8, 4) is 0 Å². The van der Waals surface area contributed by atoms with Gasteiger partial charge in [0.2, 0.25) is 0 Å². The summed E-state index contributed by atoms with van der Waals surface area (Å²) in [6.45, 7) is 1.30. The molecular formula is C9H19N3O4. The lowest BCUT2D eigenvalue weighted by atomic mass is 10.3. The molecule has 0 aliphatic heterocycles. The summed E-state index contributed by atoms with van der Waals surface area (Å²) in [4.78, 5) is 21.7. The first-order valence-corrected chi connectivity index (χ1v) is 5.03. The molecule has 7 nitrogen and oxygen atoms in total. The number of carbonyl (C=O) groups excluding carboxylic acids is 1. The van der Waals surface area contributed by atoms with Crippen molar-refractivity contribution >= 4 is 12.0 Å². The van der Waals surface area contributed by atoms with Gasteiger partial charge in [0.1, 0.15) is 0 Å². The number of carboxylic acid groups (broad SMARTS) is 1. The SMILES string of the molecule is CNCCCNC(=O)NCC(OC)C(=O)O. The Bertz CT molecular complexity index is 223. The minimum atomic E-state index is -1.10. The van der Waals surface area contributed by atoms with E-state index >= 15 is 0 Å². The molecule has 1 unspecified atom stereocenters. The van der Waals surface area contributed by atoms with Crippen molar-refractivity contribution in [2.24, 2.45) is 0 Å². The summed E-state index contributed by atoms with van der Waals surface area (Å²) < 4.78 is 4.65. The first kappa shape index (κ1) is 14.7. The standard InChI is InChI=1S/C9H19N3O4/c1-10-4-3-5-11-9(15)12-6-7(16-2)8(13)14/h7,10H,3-6H2,1-2H3,(H,13,14)(H2,11,12,15). The van der Waals surface area contributed by atoms with Gasteiger partial charge in [0, 0.05) is 13.7 Å². The van der Waals surface area contributed by atoms with Gasteiger partial charge in [0.15, 0.2) is 6.10 Å². The van der Waals surface area contributed by atoms with Crippen LogP contribution in [-0.2, 0) is 9.53 Å². The molecule has 7 heteroatoms. The van der Waals surface area contributed by atoms with Crippen LogP contribution in [0.1, 0.15) is 6.42 Å². The van der Waals surface area contributed by atoms with Crippen molar-refractivity contribution in [2.45, 2.75) is 12.5 Å². The lowest BCUT2D eigenvalue weighted by molar-refractivity contribution is -0.147. The highest BCUT2D eigenvalue weighted by molar-refractivity contribution is 5.76. The summed E-state index contributed by atoms with van der Waals surface area (Å²) >= 11 is 0. The predicted molar refractivity (Wildman–Crippen MR) is 58.4 cm³/mol. The molecule has 0 saturated carbocycles. The van der Waals surface area contributed by atoms with Crippen LogP contribution in [0, 0.1) is 0 Å². The number of ether oxygens (including phenoxy) is 1. The molecule has 0 rings (SSSR count). The third-order valence-electron chi connectivity index (χ3n) is 1.90. The Hall–Kier alpha value is -1.34. The highest BCUT2D eigenvalue weighted by Gasteiger charge is 2.16. The number of methoxy groups -OCH3 is 1. The molecule has 0 aliphatic carbocycles. The fourth-order valence-electron chi connectivity index (χ4n) is 0.986. The Labute approximate surface area is 94.5 Å². The Balaban J connectivity index is 3.59. The average molecular weight is 233 g/mol. The van der Waals surface area contributed by atoms with Gasteiger partial charge in [-0.2, -0.15) is 0 Å². The monoisotopic (exact) mass is 233 g/mol. The Morgan fingerprint density at radius 3 is 2.50 bits per heavy atom. The van der Waals surface area contributed by atoms with Crippen molar-refractivity contribution in [3.05, 3.63) is 0 Å². The minimum Gasteiger partial charge on any atom is -0.479 e. The van der Waals surface area contributed by atoms with Crippen molar-refractivity contribution < 1.29 is 19.4 Å². The summed E-state index contributed by atoms with van der Waals surface area (Å²) in [5, 5.41) is 16.6. The van der Waals surface area contributed by atoms with E-state index in [2.05, 4.69) is 20.7 Å². The second-order valence-corrected chi connectivity index (χ2v) is 3.16. The molecule has 0 aliphatic rings. The van der Waals surface area contributed by atoms with E-state index in [1.165, 1.54) is 7.11 Å². The zero-order valence-corrected chi connectivity index (χ0v) is 9.58. The highest BCUT2D eigenvalue weighted by atomic mass is 16.5. The van der Waals surface area contributed by atoms with Crippen LogP contribution in [0.5, 0.6) is 0 Å². The first-order valence-electron chi connectivity index (χ1n) is 5.03. The van der Waals surface area contributed by atoms with E-state index in [9.17, 15) is 9.59 Å². The van der Waals surface area contributed by atoms with E-state index in [1.54, 1.807) is 0 Å². The maximum Gasteiger partial charge on any atom is 0.334 e. The molecule has 0 bridgehead atoms. The molecule has 0 spiro atoms. The summed E-state index contributed by atoms with van der Waals surface area (Å²) in [5.74, 6) is -1.10. The first-order chi connectivity index (χ1) is 7.61. The van der Waals surface area contributed by atoms with Crippen LogP contribution < -0.4 is 16.0 Å². The quantitative estimate of drug-likeness (QED) is 0.403. The molecule has 1 atom stereocenters. The summed E-state index contributed by atoms with van der Waals surface area (Å²) in [6.07, 6.45) is -0.195. The van der Waals surface area contributed by atoms with Gasteiger partial charge < -0.3 is 25.8 Å². The zero-order valence-electron chi connectivity index (χ0n) is 9.58. The van der Waals surface area contributed by atoms with E-state index in [1.807, 2.05) is 7.05 Å². The van der Waals surface area contributed by atoms with Crippen LogP contribution in [0.4, 0.5) is 4.79 Å². The van der Waals surface area contributed by atoms with Gasteiger partial charge in [-0.05, 0) is 20.0 Å². The van der Waals surface area contributed by atoms with Crippen molar-refractivity contribution in [3.63, 3.8) is 0 Å². The molecule has 16 heavy (non-hydrogen) atoms. The maximum absolute atomic E-state index is 11.2. The second kappa shape index (κ2) is 8.93. The van der Waals surface area contributed by atoms with Crippen molar-refractivity contribution in [1.82, 2.24) is 16.0 Å². The largest absolute Gasteiger partial charge is 0.479 e. The predicted octanol–water partition coefficient (Wildman–Crippen LogP) is -1.01. The number of hydrogen-bond acceptors (Lipinski definition) is 4. The molecule has 4 N–H and O–H groups in total. The van der Waals surface area contributed by atoms with Crippen molar-refractivity contribution in [2.75, 3.05) is 33.8 Å². The van der Waals surface area contributed by atoms with E-state index in [-0.39, 0.29) is 12.6 Å². The molecule has 94 valence electrons. The summed E-state index contributed by atoms with van der Waals surface area (Å²) in [7, 11) is 3.11. The van der Waals surface area contributed by atoms with E-state index < -0.39 is 12.1 Å². The second-order valence-electron chi connectivity index (χ2n) is 3.16. The fourth-order valence-corrected chi connectivity index (χ4v) is 0.986. The number of nitrogens with one attached hydrogen (secondary N) is 3. The lowest BCUT2D eigenvalue weighted by Crippen LogP contribution is -2.43. The molecule has 0 aromatic carbocycles. The Kier molecular flexibility index (Phi) is 8.18. The van der Waals surface area contributed by atoms with Crippen LogP contribution >= 0.6 is 0 Å². The smallest absolute Gasteiger partial charge is 0.334 e. The summed E-state index contributed by atoms with van der Waals surface area (Å²) in [6, 6.07) is -0.389. The maximum atomic E-state index is 11.2. The third kappa shape index (κ3) is 7.02. The topological polar surface area (TPSA) is 99.7 Å². The average Bonchev–Trinajstić information content (AvgIpc) is 2.25.